The SMILES string of the molecule is Cc1nc2c(O)cccc2cc1-c1cccc([N+](=O)[O-])c1. The molecule has 0 bridgehead atoms. The van der Waals surface area contributed by atoms with E-state index in [1.165, 1.54) is 12.1 Å². The molecule has 3 rings (SSSR count). The van der Waals surface area contributed by atoms with Crippen molar-refractivity contribution in [2.75, 3.05) is 0 Å². The molecule has 0 unspecified atom stereocenters. The van der Waals surface area contributed by atoms with Crippen molar-refractivity contribution in [1.82, 2.24) is 4.98 Å². The molecule has 0 spiro atoms. The molecule has 0 atom stereocenters. The van der Waals surface area contributed by atoms with Gasteiger partial charge < -0.3 is 5.11 Å². The van der Waals surface area contributed by atoms with Crippen molar-refractivity contribution in [3.05, 3.63) is 64.3 Å². The van der Waals surface area contributed by atoms with Crippen LogP contribution in [0.25, 0.3) is 22.0 Å². The Hall–Kier alpha value is -2.95. The lowest BCUT2D eigenvalue weighted by Crippen LogP contribution is -1.92. The Labute approximate surface area is 120 Å². The van der Waals surface area contributed by atoms with E-state index in [0.29, 0.717) is 11.2 Å². The first-order valence-corrected chi connectivity index (χ1v) is 6.40. The molecule has 104 valence electrons. The van der Waals surface area contributed by atoms with Gasteiger partial charge in [-0.3, -0.25) is 10.1 Å². The van der Waals surface area contributed by atoms with Gasteiger partial charge in [0.05, 0.1) is 4.92 Å². The number of fused-ring (bicyclic) bond motifs is 1. The maximum absolute atomic E-state index is 10.9. The summed E-state index contributed by atoms with van der Waals surface area (Å²) in [6, 6.07) is 13.5. The number of benzene rings is 2. The van der Waals surface area contributed by atoms with Crippen LogP contribution in [0.5, 0.6) is 5.75 Å². The number of nitro groups is 1. The van der Waals surface area contributed by atoms with Gasteiger partial charge in [-0.1, -0.05) is 24.3 Å². The fraction of sp³-hybridized carbons (Fsp3) is 0.0625. The molecular weight excluding hydrogens is 268 g/mol. The Morgan fingerprint density at radius 3 is 2.67 bits per heavy atom. The van der Waals surface area contributed by atoms with Gasteiger partial charge in [-0.25, -0.2) is 4.98 Å². The standard InChI is InChI=1S/C16H12N2O3/c1-10-14(11-4-2-6-13(8-11)18(20)21)9-12-5-3-7-15(19)16(12)17-10/h2-9,19H,1H3. The van der Waals surface area contributed by atoms with Crippen LogP contribution >= 0.6 is 0 Å². The van der Waals surface area contributed by atoms with Crippen molar-refractivity contribution in [2.24, 2.45) is 0 Å². The summed E-state index contributed by atoms with van der Waals surface area (Å²) in [6.07, 6.45) is 0. The van der Waals surface area contributed by atoms with E-state index in [9.17, 15) is 15.2 Å². The number of nitro benzene ring substituents is 1. The van der Waals surface area contributed by atoms with Gasteiger partial charge in [-0.15, -0.1) is 0 Å². The molecule has 0 fully saturated rings. The zero-order chi connectivity index (χ0) is 15.0. The second kappa shape index (κ2) is 4.86. The lowest BCUT2D eigenvalue weighted by atomic mass is 10.0. The van der Waals surface area contributed by atoms with E-state index in [4.69, 9.17) is 0 Å². The van der Waals surface area contributed by atoms with E-state index >= 15 is 0 Å². The normalized spacial score (nSPS) is 10.7. The molecule has 0 aliphatic carbocycles. The molecule has 0 amide bonds. The molecule has 1 aromatic heterocycles. The van der Waals surface area contributed by atoms with Gasteiger partial charge in [-0.05, 0) is 24.6 Å². The largest absolute Gasteiger partial charge is 0.506 e. The summed E-state index contributed by atoms with van der Waals surface area (Å²) in [5.41, 5.74) is 2.84. The number of nitrogens with zero attached hydrogens (tertiary/aromatic N) is 2. The zero-order valence-corrected chi connectivity index (χ0v) is 11.3. The number of non-ortho nitro benzene ring substituents is 1. The Kier molecular flexibility index (Phi) is 3.02. The predicted octanol–water partition coefficient (Wildman–Crippen LogP) is 3.82. The van der Waals surface area contributed by atoms with Gasteiger partial charge >= 0.3 is 0 Å². The first kappa shape index (κ1) is 13.1. The van der Waals surface area contributed by atoms with E-state index < -0.39 is 4.92 Å². The number of hydrogen-bond donors (Lipinski definition) is 1. The van der Waals surface area contributed by atoms with E-state index in [1.807, 2.05) is 25.1 Å². The predicted molar refractivity (Wildman–Crippen MR) is 80.2 cm³/mol. The monoisotopic (exact) mass is 280 g/mol. The van der Waals surface area contributed by atoms with Gasteiger partial charge in [-0.2, -0.15) is 0 Å². The van der Waals surface area contributed by atoms with Crippen molar-refractivity contribution >= 4 is 16.6 Å². The van der Waals surface area contributed by atoms with Crippen molar-refractivity contribution in [2.45, 2.75) is 6.92 Å². The zero-order valence-electron chi connectivity index (χ0n) is 11.3. The van der Waals surface area contributed by atoms with Gasteiger partial charge in [0.1, 0.15) is 11.3 Å². The number of phenolic OH excluding ortho intramolecular Hbond substituents is 1. The van der Waals surface area contributed by atoms with Crippen LogP contribution in [-0.4, -0.2) is 15.0 Å². The second-order valence-electron chi connectivity index (χ2n) is 4.78. The molecule has 3 aromatic rings. The van der Waals surface area contributed by atoms with Gasteiger partial charge in [0.25, 0.3) is 5.69 Å². The lowest BCUT2D eigenvalue weighted by molar-refractivity contribution is -0.384. The Bertz CT molecular complexity index is 859. The van der Waals surface area contributed by atoms with Crippen LogP contribution in [0.2, 0.25) is 0 Å². The maximum Gasteiger partial charge on any atom is 0.270 e. The number of aromatic hydroxyl groups is 1. The van der Waals surface area contributed by atoms with Gasteiger partial charge in [0, 0.05) is 28.8 Å². The number of pyridine rings is 1. The minimum Gasteiger partial charge on any atom is -0.506 e. The van der Waals surface area contributed by atoms with Crippen molar-refractivity contribution in [3.8, 4) is 16.9 Å². The summed E-state index contributed by atoms with van der Waals surface area (Å²) in [7, 11) is 0. The summed E-state index contributed by atoms with van der Waals surface area (Å²) in [5, 5.41) is 21.5. The Morgan fingerprint density at radius 2 is 1.90 bits per heavy atom. The number of hydrogen-bond acceptors (Lipinski definition) is 4. The molecule has 2 aromatic carbocycles. The second-order valence-corrected chi connectivity index (χ2v) is 4.78. The third-order valence-corrected chi connectivity index (χ3v) is 3.38. The number of aromatic nitrogens is 1. The van der Waals surface area contributed by atoms with Crippen LogP contribution < -0.4 is 0 Å². The summed E-state index contributed by atoms with van der Waals surface area (Å²) in [5.74, 6) is 0.126. The topological polar surface area (TPSA) is 76.3 Å². The summed E-state index contributed by atoms with van der Waals surface area (Å²) in [6.45, 7) is 1.82. The number of para-hydroxylation sites is 1. The molecule has 1 N–H and O–H groups in total. The van der Waals surface area contributed by atoms with Crippen molar-refractivity contribution < 1.29 is 10.0 Å². The highest BCUT2D eigenvalue weighted by atomic mass is 16.6. The molecule has 0 aliphatic heterocycles. The molecule has 0 saturated heterocycles. The highest BCUT2D eigenvalue weighted by Gasteiger charge is 2.11. The van der Waals surface area contributed by atoms with Gasteiger partial charge in [0.2, 0.25) is 0 Å². The third-order valence-electron chi connectivity index (χ3n) is 3.38. The minimum atomic E-state index is -0.418. The van der Waals surface area contributed by atoms with Crippen molar-refractivity contribution in [3.63, 3.8) is 0 Å². The van der Waals surface area contributed by atoms with Crippen LogP contribution in [0, 0.1) is 17.0 Å². The Balaban J connectivity index is 2.23. The maximum atomic E-state index is 10.9. The van der Waals surface area contributed by atoms with E-state index in [-0.39, 0.29) is 11.4 Å². The number of phenols is 1. The van der Waals surface area contributed by atoms with Crippen LogP contribution in [0.3, 0.4) is 0 Å². The highest BCUT2D eigenvalue weighted by molar-refractivity contribution is 5.89. The lowest BCUT2D eigenvalue weighted by Gasteiger charge is -2.08. The van der Waals surface area contributed by atoms with Crippen molar-refractivity contribution in [1.29, 1.82) is 0 Å². The molecule has 0 saturated carbocycles. The summed E-state index contributed by atoms with van der Waals surface area (Å²) < 4.78 is 0. The first-order valence-electron chi connectivity index (χ1n) is 6.40. The molecule has 0 radical (unpaired) electrons. The molecule has 0 aliphatic rings. The van der Waals surface area contributed by atoms with E-state index in [2.05, 4.69) is 4.98 Å². The van der Waals surface area contributed by atoms with Crippen LogP contribution in [0.4, 0.5) is 5.69 Å². The van der Waals surface area contributed by atoms with E-state index in [0.717, 1.165) is 16.5 Å². The molecule has 1 heterocycles. The number of rotatable bonds is 2. The fourth-order valence-corrected chi connectivity index (χ4v) is 2.35. The number of aryl methyl sites for hydroxylation is 1. The third kappa shape index (κ3) is 2.29. The van der Waals surface area contributed by atoms with Crippen LogP contribution in [0.15, 0.2) is 48.5 Å². The molecule has 5 nitrogen and oxygen atoms in total. The first-order chi connectivity index (χ1) is 10.1. The Morgan fingerprint density at radius 1 is 1.14 bits per heavy atom. The highest BCUT2D eigenvalue weighted by Crippen LogP contribution is 2.31. The summed E-state index contributed by atoms with van der Waals surface area (Å²) in [4.78, 5) is 14.9. The average Bonchev–Trinajstić information content (AvgIpc) is 2.48. The van der Waals surface area contributed by atoms with Crippen LogP contribution in [-0.2, 0) is 0 Å². The smallest absolute Gasteiger partial charge is 0.270 e. The average molecular weight is 280 g/mol. The molecular formula is C16H12N2O3. The summed E-state index contributed by atoms with van der Waals surface area (Å²) >= 11 is 0. The minimum absolute atomic E-state index is 0.0444. The fourth-order valence-electron chi connectivity index (χ4n) is 2.35. The molecule has 5 heteroatoms. The van der Waals surface area contributed by atoms with Crippen LogP contribution in [0.1, 0.15) is 5.69 Å². The molecule has 21 heavy (non-hydrogen) atoms. The van der Waals surface area contributed by atoms with E-state index in [1.54, 1.807) is 18.2 Å². The van der Waals surface area contributed by atoms with Gasteiger partial charge in [0.15, 0.2) is 0 Å². The quantitative estimate of drug-likeness (QED) is 0.571.